The molecular weight excluding hydrogens is 420 g/mol. The number of carbonyl (C=O) groups excluding carboxylic acids is 3. The number of rotatable bonds is 7. The molecule has 8 nitrogen and oxygen atoms in total. The van der Waals surface area contributed by atoms with E-state index >= 15 is 0 Å². The van der Waals surface area contributed by atoms with Crippen molar-refractivity contribution in [3.63, 3.8) is 0 Å². The number of carbonyl (C=O) groups is 3. The van der Waals surface area contributed by atoms with Gasteiger partial charge in [-0.25, -0.2) is 0 Å². The van der Waals surface area contributed by atoms with Crippen LogP contribution in [0.2, 0.25) is 5.02 Å². The Labute approximate surface area is 177 Å². The van der Waals surface area contributed by atoms with Crippen molar-refractivity contribution >= 4 is 41.2 Å². The van der Waals surface area contributed by atoms with Crippen molar-refractivity contribution in [1.29, 1.82) is 5.26 Å². The van der Waals surface area contributed by atoms with Crippen LogP contribution in [0.15, 0.2) is 28.8 Å². The van der Waals surface area contributed by atoms with Gasteiger partial charge in [0.25, 0.3) is 0 Å². The standard InChI is InChI=1S/C19H19ClN2O6S/c1-4-28-13-6-5-10(7-12(13)20)15-11(8-21)18(29-9-14(23)26-2)22-17(24)16(15)19(25)27-3/h5-7,15-16H,4,9H2,1-3H3,(H,22,24)/t15-,16-/m0/s1. The molecule has 154 valence electrons. The summed E-state index contributed by atoms with van der Waals surface area (Å²) in [7, 11) is 2.40. The van der Waals surface area contributed by atoms with Crippen molar-refractivity contribution in [3.05, 3.63) is 39.4 Å². The second-order valence-electron chi connectivity index (χ2n) is 5.81. The quantitative estimate of drug-likeness (QED) is 0.509. The van der Waals surface area contributed by atoms with E-state index in [1.807, 2.05) is 13.0 Å². The lowest BCUT2D eigenvalue weighted by Gasteiger charge is -2.31. The largest absolute Gasteiger partial charge is 0.492 e. The minimum atomic E-state index is -1.29. The molecule has 1 aliphatic heterocycles. The van der Waals surface area contributed by atoms with Crippen LogP contribution in [0, 0.1) is 17.2 Å². The molecule has 10 heteroatoms. The molecule has 2 rings (SSSR count). The lowest BCUT2D eigenvalue weighted by molar-refractivity contribution is -0.150. The van der Waals surface area contributed by atoms with Crippen LogP contribution < -0.4 is 10.1 Å². The van der Waals surface area contributed by atoms with E-state index in [2.05, 4.69) is 10.1 Å². The number of hydrogen-bond acceptors (Lipinski definition) is 8. The maximum atomic E-state index is 12.7. The Morgan fingerprint density at radius 3 is 2.59 bits per heavy atom. The van der Waals surface area contributed by atoms with Crippen LogP contribution in [0.25, 0.3) is 0 Å². The van der Waals surface area contributed by atoms with Crippen LogP contribution in [0.4, 0.5) is 0 Å². The minimum Gasteiger partial charge on any atom is -0.492 e. The average Bonchev–Trinajstić information content (AvgIpc) is 2.72. The molecule has 0 saturated carbocycles. The Bertz CT molecular complexity index is 895. The second-order valence-corrected chi connectivity index (χ2v) is 7.20. The molecular formula is C19H19ClN2O6S. The normalized spacial score (nSPS) is 18.5. The summed E-state index contributed by atoms with van der Waals surface area (Å²) in [5.41, 5.74) is 0.588. The van der Waals surface area contributed by atoms with Gasteiger partial charge in [-0.1, -0.05) is 29.4 Å². The number of halogens is 1. The van der Waals surface area contributed by atoms with E-state index in [4.69, 9.17) is 21.1 Å². The summed E-state index contributed by atoms with van der Waals surface area (Å²) < 4.78 is 14.8. The van der Waals surface area contributed by atoms with Crippen molar-refractivity contribution in [1.82, 2.24) is 5.32 Å². The number of esters is 2. The minimum absolute atomic E-state index is 0.114. The molecule has 0 saturated heterocycles. The van der Waals surface area contributed by atoms with E-state index in [9.17, 15) is 19.6 Å². The van der Waals surface area contributed by atoms with E-state index in [-0.39, 0.29) is 21.4 Å². The van der Waals surface area contributed by atoms with Crippen molar-refractivity contribution in [3.8, 4) is 11.8 Å². The van der Waals surface area contributed by atoms with Crippen molar-refractivity contribution < 1.29 is 28.6 Å². The summed E-state index contributed by atoms with van der Waals surface area (Å²) in [5, 5.41) is 12.8. The summed E-state index contributed by atoms with van der Waals surface area (Å²) in [4.78, 5) is 36.5. The monoisotopic (exact) mass is 438 g/mol. The summed E-state index contributed by atoms with van der Waals surface area (Å²) in [5.74, 6) is -3.85. The molecule has 0 aromatic heterocycles. The number of ether oxygens (including phenoxy) is 3. The van der Waals surface area contributed by atoms with Gasteiger partial charge in [-0.05, 0) is 24.6 Å². The molecule has 0 aliphatic carbocycles. The molecule has 0 fully saturated rings. The fourth-order valence-electron chi connectivity index (χ4n) is 2.85. The molecule has 1 aromatic carbocycles. The molecule has 1 aromatic rings. The van der Waals surface area contributed by atoms with Crippen LogP contribution in [0.5, 0.6) is 5.75 Å². The van der Waals surface area contributed by atoms with Crippen molar-refractivity contribution in [2.24, 2.45) is 5.92 Å². The maximum Gasteiger partial charge on any atom is 0.319 e. The molecule has 2 atom stereocenters. The number of allylic oxidation sites excluding steroid dienone is 1. The molecule has 29 heavy (non-hydrogen) atoms. The Morgan fingerprint density at radius 2 is 2.03 bits per heavy atom. The highest BCUT2D eigenvalue weighted by molar-refractivity contribution is 8.03. The fourth-order valence-corrected chi connectivity index (χ4v) is 3.98. The van der Waals surface area contributed by atoms with Gasteiger partial charge in [0.05, 0.1) is 48.3 Å². The zero-order chi connectivity index (χ0) is 21.6. The van der Waals surface area contributed by atoms with Gasteiger partial charge < -0.3 is 19.5 Å². The van der Waals surface area contributed by atoms with Crippen LogP contribution in [0.1, 0.15) is 18.4 Å². The number of nitrogens with one attached hydrogen (secondary N) is 1. The number of benzene rings is 1. The SMILES string of the molecule is CCOc1ccc([C@H]2C(C#N)=C(SCC(=O)OC)NC(=O)[C@H]2C(=O)OC)cc1Cl. The number of nitriles is 1. The predicted octanol–water partition coefficient (Wildman–Crippen LogP) is 2.38. The highest BCUT2D eigenvalue weighted by Crippen LogP contribution is 2.42. The molecule has 0 bridgehead atoms. The van der Waals surface area contributed by atoms with Crippen molar-refractivity contribution in [2.45, 2.75) is 12.8 Å². The van der Waals surface area contributed by atoms with Gasteiger partial charge in [-0.2, -0.15) is 5.26 Å². The molecule has 0 radical (unpaired) electrons. The van der Waals surface area contributed by atoms with Crippen molar-refractivity contribution in [2.75, 3.05) is 26.6 Å². The lowest BCUT2D eigenvalue weighted by Crippen LogP contribution is -2.44. The molecule has 0 unspecified atom stereocenters. The summed E-state index contributed by atoms with van der Waals surface area (Å²) in [6.45, 7) is 2.22. The molecule has 1 N–H and O–H groups in total. The number of amides is 1. The third-order valence-electron chi connectivity index (χ3n) is 4.16. The van der Waals surface area contributed by atoms with Gasteiger partial charge in [-0.3, -0.25) is 14.4 Å². The first-order chi connectivity index (χ1) is 13.9. The van der Waals surface area contributed by atoms with Gasteiger partial charge in [0.15, 0.2) is 0 Å². The van der Waals surface area contributed by atoms with Crippen LogP contribution in [0.3, 0.4) is 0 Å². The van der Waals surface area contributed by atoms with E-state index in [0.717, 1.165) is 18.9 Å². The van der Waals surface area contributed by atoms with Gasteiger partial charge in [0, 0.05) is 5.92 Å². The first-order valence-electron chi connectivity index (χ1n) is 8.52. The number of nitrogens with zero attached hydrogens (tertiary/aromatic N) is 1. The summed E-state index contributed by atoms with van der Waals surface area (Å²) >= 11 is 7.21. The van der Waals surface area contributed by atoms with Gasteiger partial charge in [0.2, 0.25) is 5.91 Å². The zero-order valence-corrected chi connectivity index (χ0v) is 17.6. The Morgan fingerprint density at radius 1 is 1.31 bits per heavy atom. The third-order valence-corrected chi connectivity index (χ3v) is 5.45. The topological polar surface area (TPSA) is 115 Å². The molecule has 1 amide bonds. The second kappa shape index (κ2) is 10.2. The Balaban J connectivity index is 2.57. The molecule has 1 aliphatic rings. The average molecular weight is 439 g/mol. The highest BCUT2D eigenvalue weighted by atomic mass is 35.5. The van der Waals surface area contributed by atoms with Gasteiger partial charge in [-0.15, -0.1) is 0 Å². The Hall–Kier alpha value is -2.70. The zero-order valence-electron chi connectivity index (χ0n) is 16.0. The maximum absolute atomic E-state index is 12.7. The van der Waals surface area contributed by atoms with Gasteiger partial charge in [0.1, 0.15) is 11.7 Å². The number of methoxy groups -OCH3 is 2. The molecule has 0 spiro atoms. The first kappa shape index (κ1) is 22.6. The smallest absolute Gasteiger partial charge is 0.319 e. The van der Waals surface area contributed by atoms with E-state index in [0.29, 0.717) is 17.9 Å². The number of thioether (sulfide) groups is 1. The predicted molar refractivity (Wildman–Crippen MR) is 106 cm³/mol. The fraction of sp³-hybridized carbons (Fsp3) is 0.368. The molecule has 1 heterocycles. The van der Waals surface area contributed by atoms with Crippen LogP contribution >= 0.6 is 23.4 Å². The van der Waals surface area contributed by atoms with Crippen LogP contribution in [-0.4, -0.2) is 44.4 Å². The third kappa shape index (κ3) is 5.02. The highest BCUT2D eigenvalue weighted by Gasteiger charge is 2.44. The van der Waals surface area contributed by atoms with Crippen LogP contribution in [-0.2, 0) is 23.9 Å². The lowest BCUT2D eigenvalue weighted by atomic mass is 9.78. The number of hydrogen-bond donors (Lipinski definition) is 1. The Kier molecular flexibility index (Phi) is 7.93. The summed E-state index contributed by atoms with van der Waals surface area (Å²) in [6.07, 6.45) is 0. The van der Waals surface area contributed by atoms with E-state index in [1.54, 1.807) is 18.2 Å². The summed E-state index contributed by atoms with van der Waals surface area (Å²) in [6, 6.07) is 6.83. The van der Waals surface area contributed by atoms with Gasteiger partial charge >= 0.3 is 11.9 Å². The van der Waals surface area contributed by atoms with E-state index in [1.165, 1.54) is 7.11 Å². The first-order valence-corrected chi connectivity index (χ1v) is 9.89. The van der Waals surface area contributed by atoms with E-state index < -0.39 is 29.7 Å².